The third-order valence-electron chi connectivity index (χ3n) is 3.23. The first-order chi connectivity index (χ1) is 9.31. The van der Waals surface area contributed by atoms with Crippen LogP contribution in [-0.4, -0.2) is 50.1 Å². The van der Waals surface area contributed by atoms with E-state index < -0.39 is 0 Å². The Balaban J connectivity index is 1.93. The molecule has 2 heterocycles. The van der Waals surface area contributed by atoms with E-state index in [1.54, 1.807) is 7.11 Å². The van der Waals surface area contributed by atoms with Crippen molar-refractivity contribution in [3.63, 3.8) is 0 Å². The van der Waals surface area contributed by atoms with Gasteiger partial charge in [-0.1, -0.05) is 12.2 Å². The van der Waals surface area contributed by atoms with Crippen molar-refractivity contribution in [3.8, 4) is 17.2 Å². The van der Waals surface area contributed by atoms with E-state index in [0.29, 0.717) is 30.5 Å². The van der Waals surface area contributed by atoms with Crippen molar-refractivity contribution in [2.75, 3.05) is 40.2 Å². The molecule has 0 bridgehead atoms. The van der Waals surface area contributed by atoms with Gasteiger partial charge in [-0.05, 0) is 12.1 Å². The normalized spacial score (nSPS) is 17.4. The Kier molecular flexibility index (Phi) is 3.44. The number of methoxy groups -OCH3 is 1. The molecule has 1 fully saturated rings. The second-order valence-electron chi connectivity index (χ2n) is 4.28. The Bertz CT molecular complexity index is 500. The molecule has 0 atom stereocenters. The third-order valence-corrected chi connectivity index (χ3v) is 3.70. The summed E-state index contributed by atoms with van der Waals surface area (Å²) in [5, 5.41) is 0. The highest BCUT2D eigenvalue weighted by Crippen LogP contribution is 2.43. The third kappa shape index (κ3) is 2.21. The maximum Gasteiger partial charge on any atom is 0.231 e. The van der Waals surface area contributed by atoms with Gasteiger partial charge in [0.1, 0.15) is 4.99 Å². The first-order valence-corrected chi connectivity index (χ1v) is 6.55. The maximum absolute atomic E-state index is 5.56. The highest BCUT2D eigenvalue weighted by molar-refractivity contribution is 7.80. The molecule has 102 valence electrons. The summed E-state index contributed by atoms with van der Waals surface area (Å²) in [5.41, 5.74) is 0.864. The molecule has 0 amide bonds. The maximum atomic E-state index is 5.56. The number of benzene rings is 1. The molecule has 6 heteroatoms. The van der Waals surface area contributed by atoms with Crippen LogP contribution in [0.25, 0.3) is 0 Å². The molecule has 5 nitrogen and oxygen atoms in total. The van der Waals surface area contributed by atoms with E-state index in [4.69, 9.17) is 31.2 Å². The van der Waals surface area contributed by atoms with Crippen LogP contribution in [-0.2, 0) is 4.74 Å². The summed E-state index contributed by atoms with van der Waals surface area (Å²) < 4.78 is 21.6. The van der Waals surface area contributed by atoms with Crippen LogP contribution in [0.4, 0.5) is 0 Å². The minimum atomic E-state index is 0.222. The lowest BCUT2D eigenvalue weighted by Gasteiger charge is -2.29. The molecule has 2 aliphatic rings. The molecule has 0 spiro atoms. The highest BCUT2D eigenvalue weighted by atomic mass is 32.1. The summed E-state index contributed by atoms with van der Waals surface area (Å²) >= 11 is 5.56. The average Bonchev–Trinajstić information content (AvgIpc) is 2.94. The summed E-state index contributed by atoms with van der Waals surface area (Å²) in [6.45, 7) is 3.23. The fourth-order valence-corrected chi connectivity index (χ4v) is 2.60. The quantitative estimate of drug-likeness (QED) is 0.764. The van der Waals surface area contributed by atoms with E-state index in [2.05, 4.69) is 4.90 Å². The molecule has 1 aromatic rings. The van der Waals surface area contributed by atoms with Crippen LogP contribution in [0.2, 0.25) is 0 Å². The monoisotopic (exact) mass is 281 g/mol. The molecular formula is C13H15NO4S. The number of rotatable bonds is 2. The first-order valence-electron chi connectivity index (χ1n) is 6.15. The van der Waals surface area contributed by atoms with E-state index >= 15 is 0 Å². The number of ether oxygens (including phenoxy) is 4. The lowest BCUT2D eigenvalue weighted by atomic mass is 10.1. The number of thiocarbonyl (C=S) groups is 1. The predicted octanol–water partition coefficient (Wildman–Crippen LogP) is 1.43. The van der Waals surface area contributed by atoms with Gasteiger partial charge in [-0.2, -0.15) is 0 Å². The van der Waals surface area contributed by atoms with Crippen LogP contribution in [0.3, 0.4) is 0 Å². The minimum absolute atomic E-state index is 0.222. The lowest BCUT2D eigenvalue weighted by Crippen LogP contribution is -2.40. The van der Waals surface area contributed by atoms with Crippen LogP contribution in [0.5, 0.6) is 17.2 Å². The summed E-state index contributed by atoms with van der Waals surface area (Å²) in [7, 11) is 1.61. The number of fused-ring (bicyclic) bond motifs is 1. The van der Waals surface area contributed by atoms with E-state index in [9.17, 15) is 0 Å². The predicted molar refractivity (Wildman–Crippen MR) is 73.2 cm³/mol. The smallest absolute Gasteiger partial charge is 0.231 e. The number of nitrogens with zero attached hydrogens (tertiary/aromatic N) is 1. The summed E-state index contributed by atoms with van der Waals surface area (Å²) in [6, 6.07) is 3.79. The standard InChI is InChI=1S/C13H15NO4S/c1-15-11-9(2-3-10-12(11)18-8-17-10)13(19)14-4-6-16-7-5-14/h2-3H,4-8H2,1H3. The largest absolute Gasteiger partial charge is 0.492 e. The molecule has 1 aromatic carbocycles. The van der Waals surface area contributed by atoms with Crippen molar-refractivity contribution >= 4 is 17.2 Å². The van der Waals surface area contributed by atoms with Crippen molar-refractivity contribution in [1.29, 1.82) is 0 Å². The lowest BCUT2D eigenvalue weighted by molar-refractivity contribution is 0.0692. The van der Waals surface area contributed by atoms with Gasteiger partial charge >= 0.3 is 0 Å². The van der Waals surface area contributed by atoms with Crippen LogP contribution in [0.15, 0.2) is 12.1 Å². The zero-order chi connectivity index (χ0) is 13.2. The summed E-state index contributed by atoms with van der Waals surface area (Å²) in [5.74, 6) is 1.98. The molecule has 0 unspecified atom stereocenters. The van der Waals surface area contributed by atoms with Crippen molar-refractivity contribution in [1.82, 2.24) is 4.90 Å². The van der Waals surface area contributed by atoms with E-state index in [0.717, 1.165) is 23.6 Å². The highest BCUT2D eigenvalue weighted by Gasteiger charge is 2.25. The van der Waals surface area contributed by atoms with Gasteiger partial charge in [-0.25, -0.2) is 0 Å². The number of hydrogen-bond acceptors (Lipinski definition) is 5. The molecule has 2 aliphatic heterocycles. The molecular weight excluding hydrogens is 266 g/mol. The Morgan fingerprint density at radius 3 is 2.79 bits per heavy atom. The molecule has 1 saturated heterocycles. The van der Waals surface area contributed by atoms with Crippen LogP contribution >= 0.6 is 12.2 Å². The van der Waals surface area contributed by atoms with Gasteiger partial charge in [0, 0.05) is 13.1 Å². The van der Waals surface area contributed by atoms with Gasteiger partial charge in [0.05, 0.1) is 25.9 Å². The van der Waals surface area contributed by atoms with Gasteiger partial charge in [0.15, 0.2) is 11.5 Å². The zero-order valence-corrected chi connectivity index (χ0v) is 11.5. The molecule has 0 aromatic heterocycles. The van der Waals surface area contributed by atoms with Crippen molar-refractivity contribution in [3.05, 3.63) is 17.7 Å². The molecule has 19 heavy (non-hydrogen) atoms. The van der Waals surface area contributed by atoms with Crippen LogP contribution in [0.1, 0.15) is 5.56 Å². The van der Waals surface area contributed by atoms with Gasteiger partial charge in [0.2, 0.25) is 12.5 Å². The number of morpholine rings is 1. The molecule has 0 saturated carbocycles. The topological polar surface area (TPSA) is 40.2 Å². The van der Waals surface area contributed by atoms with Crippen LogP contribution in [0, 0.1) is 0 Å². The van der Waals surface area contributed by atoms with E-state index in [-0.39, 0.29) is 6.79 Å². The van der Waals surface area contributed by atoms with Crippen molar-refractivity contribution < 1.29 is 18.9 Å². The first kappa shape index (κ1) is 12.5. The average molecular weight is 281 g/mol. The molecule has 0 N–H and O–H groups in total. The van der Waals surface area contributed by atoms with Crippen molar-refractivity contribution in [2.24, 2.45) is 0 Å². The summed E-state index contributed by atoms with van der Waals surface area (Å²) in [4.78, 5) is 2.89. The SMILES string of the molecule is COc1c(C(=S)N2CCOCC2)ccc2c1OCO2. The Hall–Kier alpha value is -1.53. The second-order valence-corrected chi connectivity index (χ2v) is 4.67. The van der Waals surface area contributed by atoms with Crippen LogP contribution < -0.4 is 14.2 Å². The number of hydrogen-bond donors (Lipinski definition) is 0. The minimum Gasteiger partial charge on any atom is -0.492 e. The molecule has 0 radical (unpaired) electrons. The summed E-state index contributed by atoms with van der Waals surface area (Å²) in [6.07, 6.45) is 0. The fraction of sp³-hybridized carbons (Fsp3) is 0.462. The Labute approximate surface area is 117 Å². The molecule has 3 rings (SSSR count). The van der Waals surface area contributed by atoms with E-state index in [1.807, 2.05) is 12.1 Å². The van der Waals surface area contributed by atoms with Crippen molar-refractivity contribution in [2.45, 2.75) is 0 Å². The van der Waals surface area contributed by atoms with Gasteiger partial charge < -0.3 is 23.8 Å². The van der Waals surface area contributed by atoms with Gasteiger partial charge in [0.25, 0.3) is 0 Å². The molecule has 0 aliphatic carbocycles. The second kappa shape index (κ2) is 5.22. The van der Waals surface area contributed by atoms with Gasteiger partial charge in [-0.3, -0.25) is 0 Å². The Morgan fingerprint density at radius 2 is 2.05 bits per heavy atom. The zero-order valence-electron chi connectivity index (χ0n) is 10.7. The van der Waals surface area contributed by atoms with Gasteiger partial charge in [-0.15, -0.1) is 0 Å². The fourth-order valence-electron chi connectivity index (χ4n) is 2.25. The Morgan fingerprint density at radius 1 is 1.26 bits per heavy atom. The van der Waals surface area contributed by atoms with E-state index in [1.165, 1.54) is 0 Å².